The summed E-state index contributed by atoms with van der Waals surface area (Å²) < 4.78 is 1.21. The predicted molar refractivity (Wildman–Crippen MR) is 65.5 cm³/mol. The SMILES string of the molecule is CCc1c(O)n(CCCN(C)C)c(=O)[nH]c1=O. The third-order valence-corrected chi connectivity index (χ3v) is 2.61. The quantitative estimate of drug-likeness (QED) is 0.745. The van der Waals surface area contributed by atoms with Crippen LogP contribution in [0.25, 0.3) is 0 Å². The van der Waals surface area contributed by atoms with Crippen molar-refractivity contribution in [1.82, 2.24) is 14.5 Å². The second-order valence-corrected chi connectivity index (χ2v) is 4.22. The van der Waals surface area contributed by atoms with Crippen LogP contribution in [-0.2, 0) is 13.0 Å². The molecular weight excluding hydrogens is 222 g/mol. The van der Waals surface area contributed by atoms with E-state index >= 15 is 0 Å². The molecule has 96 valence electrons. The molecule has 0 aliphatic carbocycles. The molecule has 0 amide bonds. The van der Waals surface area contributed by atoms with Gasteiger partial charge in [-0.25, -0.2) is 4.79 Å². The third-order valence-electron chi connectivity index (χ3n) is 2.61. The molecule has 6 nitrogen and oxygen atoms in total. The molecule has 2 N–H and O–H groups in total. The van der Waals surface area contributed by atoms with Gasteiger partial charge in [-0.15, -0.1) is 0 Å². The summed E-state index contributed by atoms with van der Waals surface area (Å²) in [5, 5.41) is 9.85. The number of aromatic hydroxyl groups is 1. The second kappa shape index (κ2) is 5.67. The Bertz CT molecular complexity index is 488. The maximum Gasteiger partial charge on any atom is 0.331 e. The van der Waals surface area contributed by atoms with E-state index in [2.05, 4.69) is 4.98 Å². The van der Waals surface area contributed by atoms with Gasteiger partial charge in [0.25, 0.3) is 5.56 Å². The summed E-state index contributed by atoms with van der Waals surface area (Å²) in [6.07, 6.45) is 1.13. The lowest BCUT2D eigenvalue weighted by molar-refractivity contribution is 0.355. The molecule has 0 aliphatic rings. The van der Waals surface area contributed by atoms with E-state index in [1.807, 2.05) is 19.0 Å². The fourth-order valence-corrected chi connectivity index (χ4v) is 1.67. The van der Waals surface area contributed by atoms with Gasteiger partial charge in [-0.05, 0) is 33.5 Å². The Kier molecular flexibility index (Phi) is 4.51. The molecule has 0 radical (unpaired) electrons. The highest BCUT2D eigenvalue weighted by Crippen LogP contribution is 2.10. The molecular formula is C11H19N3O3. The van der Waals surface area contributed by atoms with Crippen molar-refractivity contribution in [3.05, 3.63) is 26.4 Å². The van der Waals surface area contributed by atoms with Crippen molar-refractivity contribution in [2.45, 2.75) is 26.3 Å². The summed E-state index contributed by atoms with van der Waals surface area (Å²) in [5.41, 5.74) is -0.795. The maximum atomic E-state index is 11.5. The maximum absolute atomic E-state index is 11.5. The van der Waals surface area contributed by atoms with Crippen LogP contribution in [0.3, 0.4) is 0 Å². The lowest BCUT2D eigenvalue weighted by Gasteiger charge is -2.12. The monoisotopic (exact) mass is 241 g/mol. The first kappa shape index (κ1) is 13.5. The van der Waals surface area contributed by atoms with E-state index in [0.29, 0.717) is 13.0 Å². The van der Waals surface area contributed by atoms with Gasteiger partial charge in [0.15, 0.2) is 0 Å². The Morgan fingerprint density at radius 3 is 2.53 bits per heavy atom. The van der Waals surface area contributed by atoms with Crippen molar-refractivity contribution < 1.29 is 5.11 Å². The summed E-state index contributed by atoms with van der Waals surface area (Å²) in [5.74, 6) is -0.208. The molecule has 17 heavy (non-hydrogen) atoms. The molecule has 0 fully saturated rings. The van der Waals surface area contributed by atoms with Gasteiger partial charge in [0.1, 0.15) is 0 Å². The van der Waals surface area contributed by atoms with Gasteiger partial charge in [0.05, 0.1) is 5.56 Å². The normalized spacial score (nSPS) is 11.1. The Balaban J connectivity index is 2.99. The summed E-state index contributed by atoms with van der Waals surface area (Å²) >= 11 is 0. The highest BCUT2D eigenvalue weighted by Gasteiger charge is 2.11. The highest BCUT2D eigenvalue weighted by molar-refractivity contribution is 5.22. The average Bonchev–Trinajstić information content (AvgIpc) is 2.22. The van der Waals surface area contributed by atoms with Crippen molar-refractivity contribution >= 4 is 0 Å². The summed E-state index contributed by atoms with van der Waals surface area (Å²) in [6, 6.07) is 0. The standard InChI is InChI=1S/C11H19N3O3/c1-4-8-9(15)12-11(17)14(10(8)16)7-5-6-13(2)3/h16H,4-7H2,1-3H3,(H,12,15,17). The number of hydrogen-bond acceptors (Lipinski definition) is 4. The smallest absolute Gasteiger partial charge is 0.331 e. The zero-order valence-corrected chi connectivity index (χ0v) is 10.5. The van der Waals surface area contributed by atoms with Crippen LogP contribution >= 0.6 is 0 Å². The van der Waals surface area contributed by atoms with E-state index in [4.69, 9.17) is 0 Å². The fraction of sp³-hybridized carbons (Fsp3) is 0.636. The lowest BCUT2D eigenvalue weighted by atomic mass is 10.2. The van der Waals surface area contributed by atoms with Crippen molar-refractivity contribution in [2.24, 2.45) is 0 Å². The Morgan fingerprint density at radius 1 is 1.35 bits per heavy atom. The number of aromatic nitrogens is 2. The zero-order chi connectivity index (χ0) is 13.0. The van der Waals surface area contributed by atoms with Gasteiger partial charge < -0.3 is 10.0 Å². The van der Waals surface area contributed by atoms with Crippen LogP contribution in [0.2, 0.25) is 0 Å². The van der Waals surface area contributed by atoms with E-state index in [-0.39, 0.29) is 11.4 Å². The largest absolute Gasteiger partial charge is 0.494 e. The number of hydrogen-bond donors (Lipinski definition) is 2. The van der Waals surface area contributed by atoms with Gasteiger partial charge in [0.2, 0.25) is 5.88 Å². The van der Waals surface area contributed by atoms with Crippen LogP contribution in [0.15, 0.2) is 9.59 Å². The van der Waals surface area contributed by atoms with E-state index in [0.717, 1.165) is 13.0 Å². The van der Waals surface area contributed by atoms with Crippen molar-refractivity contribution in [2.75, 3.05) is 20.6 Å². The van der Waals surface area contributed by atoms with Crippen LogP contribution in [0.5, 0.6) is 5.88 Å². The Hall–Kier alpha value is -1.56. The Labute approximate surface area is 99.5 Å². The molecule has 0 saturated heterocycles. The second-order valence-electron chi connectivity index (χ2n) is 4.22. The van der Waals surface area contributed by atoms with E-state index in [1.165, 1.54) is 4.57 Å². The first-order chi connectivity index (χ1) is 7.97. The van der Waals surface area contributed by atoms with E-state index in [9.17, 15) is 14.7 Å². The summed E-state index contributed by atoms with van der Waals surface area (Å²) in [4.78, 5) is 27.1. The Morgan fingerprint density at radius 2 is 2.00 bits per heavy atom. The van der Waals surface area contributed by atoms with Crippen molar-refractivity contribution in [3.63, 3.8) is 0 Å². The van der Waals surface area contributed by atoms with Gasteiger partial charge in [-0.2, -0.15) is 0 Å². The molecule has 0 unspecified atom stereocenters. The average molecular weight is 241 g/mol. The molecule has 0 saturated carbocycles. The zero-order valence-electron chi connectivity index (χ0n) is 10.5. The number of H-pyrrole nitrogens is 1. The van der Waals surface area contributed by atoms with Gasteiger partial charge in [-0.3, -0.25) is 14.3 Å². The number of nitrogens with one attached hydrogen (secondary N) is 1. The first-order valence-electron chi connectivity index (χ1n) is 5.67. The topological polar surface area (TPSA) is 78.3 Å². The fourth-order valence-electron chi connectivity index (χ4n) is 1.67. The molecule has 1 aromatic rings. The molecule has 0 aliphatic heterocycles. The van der Waals surface area contributed by atoms with Crippen LogP contribution in [0.4, 0.5) is 0 Å². The van der Waals surface area contributed by atoms with Crippen molar-refractivity contribution in [1.29, 1.82) is 0 Å². The van der Waals surface area contributed by atoms with Crippen molar-refractivity contribution in [3.8, 4) is 5.88 Å². The van der Waals surface area contributed by atoms with Crippen LogP contribution in [-0.4, -0.2) is 40.2 Å². The lowest BCUT2D eigenvalue weighted by Crippen LogP contribution is -2.32. The minimum Gasteiger partial charge on any atom is -0.494 e. The van der Waals surface area contributed by atoms with E-state index < -0.39 is 11.2 Å². The molecule has 0 spiro atoms. The molecule has 1 aromatic heterocycles. The number of rotatable bonds is 5. The first-order valence-corrected chi connectivity index (χ1v) is 5.67. The third kappa shape index (κ3) is 3.20. The van der Waals surface area contributed by atoms with Gasteiger partial charge in [-0.1, -0.05) is 6.92 Å². The van der Waals surface area contributed by atoms with Gasteiger partial charge >= 0.3 is 5.69 Å². The van der Waals surface area contributed by atoms with Crippen LogP contribution < -0.4 is 11.2 Å². The highest BCUT2D eigenvalue weighted by atomic mass is 16.3. The molecule has 1 heterocycles. The minimum atomic E-state index is -0.552. The van der Waals surface area contributed by atoms with E-state index in [1.54, 1.807) is 6.92 Å². The minimum absolute atomic E-state index is 0.208. The van der Waals surface area contributed by atoms with Crippen LogP contribution in [0.1, 0.15) is 18.9 Å². The molecule has 0 bridgehead atoms. The van der Waals surface area contributed by atoms with Gasteiger partial charge in [0, 0.05) is 6.54 Å². The molecule has 0 atom stereocenters. The summed E-state index contributed by atoms with van der Waals surface area (Å²) in [7, 11) is 3.87. The summed E-state index contributed by atoms with van der Waals surface area (Å²) in [6.45, 7) is 2.97. The number of nitrogens with zero attached hydrogens (tertiary/aromatic N) is 2. The predicted octanol–water partition coefficient (Wildman–Crippen LogP) is -0.244. The van der Waals surface area contributed by atoms with Crippen LogP contribution in [0, 0.1) is 0 Å². The molecule has 1 rings (SSSR count). The number of aromatic amines is 1. The molecule has 6 heteroatoms. The molecule has 0 aromatic carbocycles.